The molecule has 1 aliphatic heterocycles. The van der Waals surface area contributed by atoms with Crippen molar-refractivity contribution in [2.24, 2.45) is 0 Å². The number of fused-ring (bicyclic) bond motifs is 3. The third-order valence-electron chi connectivity index (χ3n) is 4.87. The highest BCUT2D eigenvalue weighted by Gasteiger charge is 2.34. The summed E-state index contributed by atoms with van der Waals surface area (Å²) in [5.41, 5.74) is 5.45. The van der Waals surface area contributed by atoms with Crippen LogP contribution >= 0.6 is 23.8 Å². The Morgan fingerprint density at radius 3 is 2.48 bits per heavy atom. The smallest absolute Gasteiger partial charge is 0.162 e. The zero-order chi connectivity index (χ0) is 19.3. The van der Waals surface area contributed by atoms with E-state index in [0.29, 0.717) is 11.5 Å². The third-order valence-corrected chi connectivity index (χ3v) is 6.84. The lowest BCUT2D eigenvalue weighted by Crippen LogP contribution is -2.30. The van der Waals surface area contributed by atoms with Gasteiger partial charge in [0, 0.05) is 22.9 Å². The molecule has 4 rings (SSSR count). The zero-order valence-corrected chi connectivity index (χ0v) is 17.7. The minimum absolute atomic E-state index is 0.198. The number of nitrogens with one attached hydrogen (secondary N) is 1. The van der Waals surface area contributed by atoms with Gasteiger partial charge in [-0.2, -0.15) is 0 Å². The molecule has 1 aromatic heterocycles. The molecule has 0 unspecified atom stereocenters. The van der Waals surface area contributed by atoms with Crippen LogP contribution in [0.1, 0.15) is 24.3 Å². The van der Waals surface area contributed by atoms with Crippen LogP contribution in [-0.2, 0) is 5.54 Å². The monoisotopic (exact) mass is 398 g/mol. The molecule has 0 bridgehead atoms. The standard InChI is InChI=1S/C21H22N2O2S2/c1-12-6-8-14-15(10-12)22-21(2,3)19-18(14)20(26)23(27-19)13-7-9-16(24-4)17(11-13)25-5/h6-11,22H,1-5H3. The number of aryl methyl sites for hydroxylation is 1. The average Bonchev–Trinajstić information content (AvgIpc) is 2.99. The van der Waals surface area contributed by atoms with Gasteiger partial charge in [-0.25, -0.2) is 0 Å². The van der Waals surface area contributed by atoms with Crippen LogP contribution in [0.3, 0.4) is 0 Å². The largest absolute Gasteiger partial charge is 0.493 e. The fourth-order valence-corrected chi connectivity index (χ4v) is 5.18. The van der Waals surface area contributed by atoms with Crippen LogP contribution in [0, 0.1) is 11.6 Å². The van der Waals surface area contributed by atoms with Crippen LogP contribution in [0.15, 0.2) is 36.4 Å². The van der Waals surface area contributed by atoms with Gasteiger partial charge in [0.1, 0.15) is 4.64 Å². The summed E-state index contributed by atoms with van der Waals surface area (Å²) in [5, 5.41) is 3.67. The lowest BCUT2D eigenvalue weighted by Gasteiger charge is -2.33. The molecule has 4 nitrogen and oxygen atoms in total. The molecule has 0 radical (unpaired) electrons. The molecule has 1 N–H and O–H groups in total. The normalized spacial score (nSPS) is 14.1. The lowest BCUT2D eigenvalue weighted by atomic mass is 9.89. The maximum absolute atomic E-state index is 5.92. The lowest BCUT2D eigenvalue weighted by molar-refractivity contribution is 0.355. The maximum atomic E-state index is 5.92. The first-order valence-electron chi connectivity index (χ1n) is 8.74. The summed E-state index contributed by atoms with van der Waals surface area (Å²) in [5.74, 6) is 1.40. The van der Waals surface area contributed by atoms with Crippen molar-refractivity contribution in [2.75, 3.05) is 19.5 Å². The van der Waals surface area contributed by atoms with E-state index in [0.717, 1.165) is 27.1 Å². The average molecular weight is 399 g/mol. The summed E-state index contributed by atoms with van der Waals surface area (Å²) in [6, 6.07) is 12.4. The van der Waals surface area contributed by atoms with Gasteiger partial charge in [0.05, 0.1) is 30.3 Å². The van der Waals surface area contributed by atoms with E-state index in [1.807, 2.05) is 18.2 Å². The van der Waals surface area contributed by atoms with Crippen LogP contribution < -0.4 is 14.8 Å². The van der Waals surface area contributed by atoms with Gasteiger partial charge in [0.25, 0.3) is 0 Å². The Kier molecular flexibility index (Phi) is 4.28. The number of benzene rings is 2. The van der Waals surface area contributed by atoms with Crippen molar-refractivity contribution >= 4 is 29.4 Å². The Bertz CT molecular complexity index is 1100. The number of anilines is 1. The molecule has 140 valence electrons. The van der Waals surface area contributed by atoms with Crippen molar-refractivity contribution in [1.82, 2.24) is 3.96 Å². The number of aromatic nitrogens is 1. The van der Waals surface area contributed by atoms with Gasteiger partial charge in [-0.05, 0) is 44.5 Å². The molecule has 27 heavy (non-hydrogen) atoms. The molecule has 0 amide bonds. The highest BCUT2D eigenvalue weighted by molar-refractivity contribution is 7.71. The SMILES string of the molecule is COc1ccc(-n2sc3c(c2=S)-c2ccc(C)cc2NC3(C)C)cc1OC. The van der Waals surface area contributed by atoms with Gasteiger partial charge in [-0.1, -0.05) is 35.9 Å². The van der Waals surface area contributed by atoms with Crippen LogP contribution in [0.25, 0.3) is 16.8 Å². The molecular formula is C21H22N2O2S2. The molecule has 3 aromatic rings. The second-order valence-corrected chi connectivity index (χ2v) is 8.58. The molecular weight excluding hydrogens is 376 g/mol. The molecule has 0 fully saturated rings. The molecule has 0 saturated heterocycles. The number of rotatable bonds is 3. The number of ether oxygens (including phenoxy) is 2. The van der Waals surface area contributed by atoms with Gasteiger partial charge in [0.2, 0.25) is 0 Å². The van der Waals surface area contributed by atoms with E-state index in [1.165, 1.54) is 10.4 Å². The molecule has 6 heteroatoms. The summed E-state index contributed by atoms with van der Waals surface area (Å²) in [6.45, 7) is 6.50. The molecule has 0 saturated carbocycles. The number of hydrogen-bond donors (Lipinski definition) is 1. The summed E-state index contributed by atoms with van der Waals surface area (Å²) in [4.78, 5) is 1.23. The topological polar surface area (TPSA) is 35.4 Å². The molecule has 0 aliphatic carbocycles. The quantitative estimate of drug-likeness (QED) is 0.555. The second-order valence-electron chi connectivity index (χ2n) is 7.23. The zero-order valence-electron chi connectivity index (χ0n) is 16.0. The number of hydrogen-bond acceptors (Lipinski definition) is 5. The Labute approximate surface area is 168 Å². The minimum atomic E-state index is -0.198. The molecule has 0 spiro atoms. The van der Waals surface area contributed by atoms with E-state index < -0.39 is 0 Å². The molecule has 2 aromatic carbocycles. The van der Waals surface area contributed by atoms with Gasteiger partial charge in [0.15, 0.2) is 11.5 Å². The van der Waals surface area contributed by atoms with E-state index in [9.17, 15) is 0 Å². The van der Waals surface area contributed by atoms with E-state index in [-0.39, 0.29) is 5.54 Å². The Hall–Kier alpha value is -2.31. The van der Waals surface area contributed by atoms with E-state index in [1.54, 1.807) is 25.8 Å². The van der Waals surface area contributed by atoms with Crippen LogP contribution in [0.4, 0.5) is 5.69 Å². The summed E-state index contributed by atoms with van der Waals surface area (Å²) < 4.78 is 13.8. The fraction of sp³-hybridized carbons (Fsp3) is 0.286. The van der Waals surface area contributed by atoms with E-state index in [2.05, 4.69) is 48.2 Å². The van der Waals surface area contributed by atoms with E-state index >= 15 is 0 Å². The predicted molar refractivity (Wildman–Crippen MR) is 114 cm³/mol. The molecule has 0 atom stereocenters. The Morgan fingerprint density at radius 1 is 1.04 bits per heavy atom. The van der Waals surface area contributed by atoms with Gasteiger partial charge in [-0.15, -0.1) is 0 Å². The Balaban J connectivity index is 1.95. The van der Waals surface area contributed by atoms with Crippen molar-refractivity contribution in [1.29, 1.82) is 0 Å². The first-order chi connectivity index (χ1) is 12.9. The maximum Gasteiger partial charge on any atom is 0.162 e. The molecule has 1 aliphatic rings. The van der Waals surface area contributed by atoms with Crippen LogP contribution in [-0.4, -0.2) is 18.2 Å². The summed E-state index contributed by atoms with van der Waals surface area (Å²) in [6.07, 6.45) is 0. The van der Waals surface area contributed by atoms with Gasteiger partial charge >= 0.3 is 0 Å². The van der Waals surface area contributed by atoms with Crippen molar-refractivity contribution in [3.05, 3.63) is 51.5 Å². The predicted octanol–water partition coefficient (Wildman–Crippen LogP) is 5.92. The highest BCUT2D eigenvalue weighted by Crippen LogP contribution is 2.48. The Morgan fingerprint density at radius 2 is 1.78 bits per heavy atom. The first-order valence-corrected chi connectivity index (χ1v) is 9.92. The first kappa shape index (κ1) is 18.1. The van der Waals surface area contributed by atoms with Gasteiger partial charge < -0.3 is 14.8 Å². The highest BCUT2D eigenvalue weighted by atomic mass is 32.1. The van der Waals surface area contributed by atoms with Crippen molar-refractivity contribution < 1.29 is 9.47 Å². The fourth-order valence-electron chi connectivity index (χ4n) is 3.54. The second kappa shape index (κ2) is 6.39. The van der Waals surface area contributed by atoms with Crippen molar-refractivity contribution in [2.45, 2.75) is 26.3 Å². The van der Waals surface area contributed by atoms with Gasteiger partial charge in [-0.3, -0.25) is 3.96 Å². The minimum Gasteiger partial charge on any atom is -0.493 e. The number of nitrogens with zero attached hydrogens (tertiary/aromatic N) is 1. The van der Waals surface area contributed by atoms with E-state index in [4.69, 9.17) is 21.7 Å². The van der Waals surface area contributed by atoms with Crippen molar-refractivity contribution in [3.63, 3.8) is 0 Å². The van der Waals surface area contributed by atoms with Crippen LogP contribution in [0.2, 0.25) is 0 Å². The number of methoxy groups -OCH3 is 2. The van der Waals surface area contributed by atoms with Crippen LogP contribution in [0.5, 0.6) is 11.5 Å². The summed E-state index contributed by atoms with van der Waals surface area (Å²) in [7, 11) is 3.28. The van der Waals surface area contributed by atoms with Crippen molar-refractivity contribution in [3.8, 4) is 28.3 Å². The third kappa shape index (κ3) is 2.84. The molecule has 2 heterocycles. The summed E-state index contributed by atoms with van der Waals surface area (Å²) >= 11 is 7.60.